The first-order valence-electron chi connectivity index (χ1n) is 8.56. The lowest BCUT2D eigenvalue weighted by molar-refractivity contribution is -0.130. The number of hydrogen-bond donors (Lipinski definition) is 1. The van der Waals surface area contributed by atoms with Gasteiger partial charge in [-0.05, 0) is 32.8 Å². The van der Waals surface area contributed by atoms with Gasteiger partial charge >= 0.3 is 6.09 Å². The lowest BCUT2D eigenvalue weighted by Gasteiger charge is -2.23. The van der Waals surface area contributed by atoms with Gasteiger partial charge in [0, 0.05) is 38.7 Å². The third kappa shape index (κ3) is 5.34. The highest BCUT2D eigenvalue weighted by atomic mass is 16.6. The van der Waals surface area contributed by atoms with E-state index in [1.54, 1.807) is 21.9 Å². The van der Waals surface area contributed by atoms with Gasteiger partial charge in [0.1, 0.15) is 5.60 Å². The Balaban J connectivity index is 2.11. The number of amides is 2. The van der Waals surface area contributed by atoms with Gasteiger partial charge in [-0.25, -0.2) is 4.79 Å². The molecule has 0 aromatic carbocycles. The Morgan fingerprint density at radius 2 is 2.16 bits per heavy atom. The van der Waals surface area contributed by atoms with Crippen LogP contribution in [0, 0.1) is 0 Å². The highest BCUT2D eigenvalue weighted by Gasteiger charge is 2.38. The molecule has 0 unspecified atom stereocenters. The fourth-order valence-corrected chi connectivity index (χ4v) is 2.97. The van der Waals surface area contributed by atoms with Gasteiger partial charge in [-0.3, -0.25) is 9.48 Å². The van der Waals surface area contributed by atoms with E-state index in [9.17, 15) is 9.59 Å². The van der Waals surface area contributed by atoms with E-state index < -0.39 is 11.7 Å². The molecule has 2 heterocycles. The van der Waals surface area contributed by atoms with Gasteiger partial charge in [0.05, 0.1) is 12.2 Å². The number of aromatic nitrogens is 2. The summed E-state index contributed by atoms with van der Waals surface area (Å²) in [6.45, 7) is 10.2. The Labute approximate surface area is 149 Å². The molecule has 0 radical (unpaired) electrons. The summed E-state index contributed by atoms with van der Waals surface area (Å²) in [4.78, 5) is 26.3. The van der Waals surface area contributed by atoms with Crippen molar-refractivity contribution < 1.29 is 14.3 Å². The summed E-state index contributed by atoms with van der Waals surface area (Å²) >= 11 is 0. The average molecular weight is 348 g/mol. The molecular formula is C18H28N4O3. The summed E-state index contributed by atoms with van der Waals surface area (Å²) in [6.07, 6.45) is 6.06. The molecule has 1 aromatic heterocycles. The van der Waals surface area contributed by atoms with Crippen molar-refractivity contribution in [1.29, 1.82) is 0 Å². The highest BCUT2D eigenvalue weighted by molar-refractivity contribution is 5.77. The van der Waals surface area contributed by atoms with Crippen LogP contribution in [-0.4, -0.2) is 51.4 Å². The van der Waals surface area contributed by atoms with Gasteiger partial charge in [-0.1, -0.05) is 6.08 Å². The Kier molecular flexibility index (Phi) is 5.87. The summed E-state index contributed by atoms with van der Waals surface area (Å²) in [6, 6.07) is -0.202. The van der Waals surface area contributed by atoms with E-state index in [2.05, 4.69) is 17.0 Å². The predicted molar refractivity (Wildman–Crippen MR) is 95.1 cm³/mol. The number of alkyl carbamates (subject to hydrolysis) is 1. The SMILES string of the molecule is C=CCCC(=O)N1C[C@@H](NC(=O)OC(C)(C)C)[C@H](c2cnn(C)c2)C1. The number of allylic oxidation sites excluding steroid dienone is 1. The largest absolute Gasteiger partial charge is 0.444 e. The van der Waals surface area contributed by atoms with Crippen LogP contribution in [0.2, 0.25) is 0 Å². The second-order valence-corrected chi connectivity index (χ2v) is 7.43. The smallest absolute Gasteiger partial charge is 0.407 e. The van der Waals surface area contributed by atoms with Crippen LogP contribution in [0.3, 0.4) is 0 Å². The Morgan fingerprint density at radius 1 is 1.44 bits per heavy atom. The zero-order chi connectivity index (χ0) is 18.6. The second kappa shape index (κ2) is 7.72. The van der Waals surface area contributed by atoms with Crippen molar-refractivity contribution in [2.75, 3.05) is 13.1 Å². The number of rotatable bonds is 5. The van der Waals surface area contributed by atoms with Crippen LogP contribution in [0.5, 0.6) is 0 Å². The van der Waals surface area contributed by atoms with E-state index in [1.807, 2.05) is 34.0 Å². The minimum Gasteiger partial charge on any atom is -0.444 e. The quantitative estimate of drug-likeness (QED) is 0.828. The third-order valence-electron chi connectivity index (χ3n) is 4.09. The van der Waals surface area contributed by atoms with Gasteiger partial charge in [0.2, 0.25) is 5.91 Å². The zero-order valence-corrected chi connectivity index (χ0v) is 15.5. The first kappa shape index (κ1) is 19.0. The van der Waals surface area contributed by atoms with Crippen molar-refractivity contribution in [1.82, 2.24) is 20.0 Å². The summed E-state index contributed by atoms with van der Waals surface area (Å²) in [7, 11) is 1.85. The first-order valence-corrected chi connectivity index (χ1v) is 8.56. The fraction of sp³-hybridized carbons (Fsp3) is 0.611. The molecule has 138 valence electrons. The summed E-state index contributed by atoms with van der Waals surface area (Å²) < 4.78 is 7.09. The Hall–Kier alpha value is -2.31. The van der Waals surface area contributed by atoms with Crippen molar-refractivity contribution >= 4 is 12.0 Å². The molecule has 25 heavy (non-hydrogen) atoms. The number of nitrogens with zero attached hydrogens (tertiary/aromatic N) is 3. The molecule has 1 N–H and O–H groups in total. The number of ether oxygens (including phenoxy) is 1. The predicted octanol–water partition coefficient (Wildman–Crippen LogP) is 2.21. The standard InChI is InChI=1S/C18H28N4O3/c1-6-7-8-16(23)22-11-14(13-9-19-21(5)10-13)15(12-22)20-17(24)25-18(2,3)4/h6,9-10,14-15H,1,7-8,11-12H2,2-5H3,(H,20,24)/t14-,15+/m0/s1. The number of hydrogen-bond acceptors (Lipinski definition) is 4. The molecule has 0 bridgehead atoms. The maximum absolute atomic E-state index is 12.4. The van der Waals surface area contributed by atoms with Gasteiger partial charge in [0.15, 0.2) is 0 Å². The molecule has 1 saturated heterocycles. The van der Waals surface area contributed by atoms with Crippen LogP contribution in [0.25, 0.3) is 0 Å². The van der Waals surface area contributed by atoms with E-state index in [-0.39, 0.29) is 17.9 Å². The number of carbonyl (C=O) groups excluding carboxylic acids is 2. The van der Waals surface area contributed by atoms with Crippen LogP contribution >= 0.6 is 0 Å². The fourth-order valence-electron chi connectivity index (χ4n) is 2.97. The molecule has 2 atom stereocenters. The van der Waals surface area contributed by atoms with E-state index in [0.717, 1.165) is 5.56 Å². The zero-order valence-electron chi connectivity index (χ0n) is 15.5. The molecule has 0 aliphatic carbocycles. The Morgan fingerprint density at radius 3 is 2.72 bits per heavy atom. The van der Waals surface area contributed by atoms with Crippen LogP contribution in [-0.2, 0) is 16.6 Å². The molecule has 7 nitrogen and oxygen atoms in total. The van der Waals surface area contributed by atoms with Gasteiger partial charge < -0.3 is 15.0 Å². The minimum absolute atomic E-state index is 0.00565. The van der Waals surface area contributed by atoms with E-state index in [0.29, 0.717) is 25.9 Å². The maximum Gasteiger partial charge on any atom is 0.407 e. The van der Waals surface area contributed by atoms with Crippen LogP contribution in [0.1, 0.15) is 45.1 Å². The molecule has 0 saturated carbocycles. The molecule has 1 aromatic rings. The normalized spacial score (nSPS) is 20.4. The molecular weight excluding hydrogens is 320 g/mol. The number of aryl methyl sites for hydroxylation is 1. The van der Waals surface area contributed by atoms with Crippen molar-refractivity contribution in [3.8, 4) is 0 Å². The summed E-state index contributed by atoms with van der Waals surface area (Å²) in [5, 5.41) is 7.13. The molecule has 2 amide bonds. The second-order valence-electron chi connectivity index (χ2n) is 7.43. The van der Waals surface area contributed by atoms with Gasteiger partial charge in [0.25, 0.3) is 0 Å². The average Bonchev–Trinajstić information content (AvgIpc) is 3.09. The minimum atomic E-state index is -0.564. The van der Waals surface area contributed by atoms with Crippen LogP contribution in [0.4, 0.5) is 4.79 Å². The van der Waals surface area contributed by atoms with Gasteiger partial charge in [-0.2, -0.15) is 5.10 Å². The lowest BCUT2D eigenvalue weighted by atomic mass is 9.97. The first-order chi connectivity index (χ1) is 11.7. The molecule has 2 rings (SSSR count). The molecule has 0 spiro atoms. The lowest BCUT2D eigenvalue weighted by Crippen LogP contribution is -2.43. The number of likely N-dealkylation sites (tertiary alicyclic amines) is 1. The summed E-state index contributed by atoms with van der Waals surface area (Å²) in [5.41, 5.74) is 0.439. The number of carbonyl (C=O) groups is 2. The Bertz CT molecular complexity index is 633. The van der Waals surface area contributed by atoms with Crippen molar-refractivity contribution in [2.45, 2.75) is 51.2 Å². The highest BCUT2D eigenvalue weighted by Crippen LogP contribution is 2.28. The molecule has 7 heteroatoms. The molecule has 1 aliphatic rings. The van der Waals surface area contributed by atoms with E-state index >= 15 is 0 Å². The third-order valence-corrected chi connectivity index (χ3v) is 4.09. The van der Waals surface area contributed by atoms with Crippen molar-refractivity contribution in [2.24, 2.45) is 7.05 Å². The van der Waals surface area contributed by atoms with Crippen molar-refractivity contribution in [3.63, 3.8) is 0 Å². The maximum atomic E-state index is 12.4. The topological polar surface area (TPSA) is 76.5 Å². The molecule has 1 aliphatic heterocycles. The van der Waals surface area contributed by atoms with E-state index in [4.69, 9.17) is 4.74 Å². The van der Waals surface area contributed by atoms with Crippen LogP contribution < -0.4 is 5.32 Å². The van der Waals surface area contributed by atoms with Crippen LogP contribution in [0.15, 0.2) is 25.0 Å². The molecule has 1 fully saturated rings. The summed E-state index contributed by atoms with van der Waals surface area (Å²) in [5.74, 6) is 0.0659. The van der Waals surface area contributed by atoms with Gasteiger partial charge in [-0.15, -0.1) is 6.58 Å². The number of nitrogens with one attached hydrogen (secondary N) is 1. The van der Waals surface area contributed by atoms with Crippen molar-refractivity contribution in [3.05, 3.63) is 30.6 Å². The van der Waals surface area contributed by atoms with E-state index in [1.165, 1.54) is 0 Å². The monoisotopic (exact) mass is 348 g/mol.